The summed E-state index contributed by atoms with van der Waals surface area (Å²) in [7, 11) is -3.53. The number of carbonyl (C=O) groups excluding carboxylic acids is 1. The summed E-state index contributed by atoms with van der Waals surface area (Å²) >= 11 is 0. The predicted molar refractivity (Wildman–Crippen MR) is 77.8 cm³/mol. The second-order valence-electron chi connectivity index (χ2n) is 4.44. The van der Waals surface area contributed by atoms with Crippen molar-refractivity contribution >= 4 is 27.7 Å². The molecule has 0 unspecified atom stereocenters. The second-order valence-corrected chi connectivity index (χ2v) is 6.17. The number of nitrogens with one attached hydrogen (secondary N) is 2. The van der Waals surface area contributed by atoms with Crippen molar-refractivity contribution in [2.24, 2.45) is 5.14 Å². The van der Waals surface area contributed by atoms with Gasteiger partial charge in [0.25, 0.3) is 0 Å². The summed E-state index contributed by atoms with van der Waals surface area (Å²) in [5, 5.41) is 18.7. The van der Waals surface area contributed by atoms with Crippen LogP contribution in [0.3, 0.4) is 0 Å². The molecule has 0 spiro atoms. The lowest BCUT2D eigenvalue weighted by Crippen LogP contribution is -2.31. The summed E-state index contributed by atoms with van der Waals surface area (Å²) in [5.74, 6) is -1.25. The molecular formula is C12H17N3O5S. The number of sulfonamides is 1. The molecule has 1 aromatic carbocycles. The van der Waals surface area contributed by atoms with E-state index in [-0.39, 0.29) is 24.3 Å². The number of nitrogens with two attached hydrogens (primary N) is 1. The predicted octanol–water partition coefficient (Wildman–Crippen LogP) is 0.493. The van der Waals surface area contributed by atoms with Crippen molar-refractivity contribution in [1.82, 2.24) is 5.32 Å². The number of rotatable bonds is 6. The number of carboxylic acid groups (broad SMARTS) is 1. The van der Waals surface area contributed by atoms with Crippen LogP contribution in [0.5, 0.6) is 0 Å². The summed E-state index contributed by atoms with van der Waals surface area (Å²) in [6, 6.07) is 3.81. The number of benzene rings is 1. The Labute approximate surface area is 122 Å². The number of urea groups is 1. The van der Waals surface area contributed by atoms with Crippen LogP contribution in [0.2, 0.25) is 0 Å². The highest BCUT2D eigenvalue weighted by atomic mass is 32.2. The van der Waals surface area contributed by atoms with E-state index in [0.29, 0.717) is 11.3 Å². The maximum atomic E-state index is 11.6. The van der Waals surface area contributed by atoms with Gasteiger partial charge in [0.05, 0.1) is 11.3 Å². The molecule has 0 aromatic heterocycles. The van der Waals surface area contributed by atoms with E-state index in [0.717, 1.165) is 0 Å². The van der Waals surface area contributed by atoms with Gasteiger partial charge in [0.1, 0.15) is 0 Å². The summed E-state index contributed by atoms with van der Waals surface area (Å²) in [6.45, 7) is 1.83. The third-order valence-corrected chi connectivity index (χ3v) is 3.47. The van der Waals surface area contributed by atoms with E-state index >= 15 is 0 Å². The van der Waals surface area contributed by atoms with Gasteiger partial charge in [-0.25, -0.2) is 23.1 Å². The first-order chi connectivity index (χ1) is 9.69. The first-order valence-corrected chi connectivity index (χ1v) is 7.80. The highest BCUT2D eigenvalue weighted by Crippen LogP contribution is 2.16. The Balaban J connectivity index is 2.50. The standard InChI is InChI=1S/C12H17N3O5S/c1-8-7-9(11(16)17)3-4-10(8)15-12(18)14-5-2-6-21(13,19)20/h3-4,7H,2,5-6H2,1H3,(H,16,17)(H2,13,19,20)(H2,14,15,18). The van der Waals surface area contributed by atoms with Crippen LogP contribution in [0.15, 0.2) is 18.2 Å². The minimum absolute atomic E-state index is 0.131. The molecule has 0 atom stereocenters. The minimum Gasteiger partial charge on any atom is -0.478 e. The first-order valence-electron chi connectivity index (χ1n) is 6.08. The van der Waals surface area contributed by atoms with E-state index in [9.17, 15) is 18.0 Å². The van der Waals surface area contributed by atoms with Crippen LogP contribution in [0.4, 0.5) is 10.5 Å². The van der Waals surface area contributed by atoms with Crippen LogP contribution in [0, 0.1) is 6.92 Å². The molecule has 0 radical (unpaired) electrons. The Kier molecular flexibility index (Phi) is 5.68. The quantitative estimate of drug-likeness (QED) is 0.566. The number of hydrogen-bond acceptors (Lipinski definition) is 4. The van der Waals surface area contributed by atoms with Gasteiger partial charge in [0.2, 0.25) is 10.0 Å². The van der Waals surface area contributed by atoms with Crippen LogP contribution in [0.1, 0.15) is 22.3 Å². The van der Waals surface area contributed by atoms with Gasteiger partial charge in [-0.2, -0.15) is 0 Å². The Hall–Kier alpha value is -2.13. The Morgan fingerprint density at radius 2 is 2.00 bits per heavy atom. The lowest BCUT2D eigenvalue weighted by molar-refractivity contribution is 0.0696. The van der Waals surface area contributed by atoms with Gasteiger partial charge < -0.3 is 15.7 Å². The summed E-state index contributed by atoms with van der Waals surface area (Å²) in [6.07, 6.45) is 0.211. The van der Waals surface area contributed by atoms with Crippen molar-refractivity contribution in [2.75, 3.05) is 17.6 Å². The zero-order valence-electron chi connectivity index (χ0n) is 11.4. The molecule has 0 aliphatic heterocycles. The Bertz CT molecular complexity index is 642. The smallest absolute Gasteiger partial charge is 0.335 e. The maximum Gasteiger partial charge on any atom is 0.335 e. The minimum atomic E-state index is -3.53. The third kappa shape index (κ3) is 6.23. The van der Waals surface area contributed by atoms with E-state index in [1.165, 1.54) is 18.2 Å². The number of carboxylic acids is 1. The molecule has 0 aliphatic carbocycles. The fourth-order valence-electron chi connectivity index (χ4n) is 1.58. The molecule has 2 amide bonds. The van der Waals surface area contributed by atoms with Crippen LogP contribution >= 0.6 is 0 Å². The SMILES string of the molecule is Cc1cc(C(=O)O)ccc1NC(=O)NCCCS(N)(=O)=O. The molecule has 9 heteroatoms. The van der Waals surface area contributed by atoms with Crippen molar-refractivity contribution in [3.8, 4) is 0 Å². The molecular weight excluding hydrogens is 298 g/mol. The molecule has 1 rings (SSSR count). The van der Waals surface area contributed by atoms with Gasteiger partial charge >= 0.3 is 12.0 Å². The summed E-state index contributed by atoms with van der Waals surface area (Å²) in [4.78, 5) is 22.4. The number of hydrogen-bond donors (Lipinski definition) is 4. The fourth-order valence-corrected chi connectivity index (χ4v) is 2.13. The van der Waals surface area contributed by atoms with Gasteiger partial charge in [-0.1, -0.05) is 0 Å². The van der Waals surface area contributed by atoms with Crippen LogP contribution in [-0.2, 0) is 10.0 Å². The Morgan fingerprint density at radius 1 is 1.33 bits per heavy atom. The Morgan fingerprint density at radius 3 is 2.52 bits per heavy atom. The number of primary sulfonamides is 1. The normalized spacial score (nSPS) is 11.0. The maximum absolute atomic E-state index is 11.6. The molecule has 1 aromatic rings. The van der Waals surface area contributed by atoms with Crippen molar-refractivity contribution in [2.45, 2.75) is 13.3 Å². The van der Waals surface area contributed by atoms with Gasteiger partial charge in [0, 0.05) is 12.2 Å². The zero-order valence-corrected chi connectivity index (χ0v) is 12.2. The van der Waals surface area contributed by atoms with E-state index < -0.39 is 22.0 Å². The van der Waals surface area contributed by atoms with E-state index in [4.69, 9.17) is 10.2 Å². The topological polar surface area (TPSA) is 139 Å². The molecule has 0 heterocycles. The molecule has 0 fully saturated rings. The third-order valence-electron chi connectivity index (χ3n) is 2.61. The second kappa shape index (κ2) is 7.04. The molecule has 0 saturated carbocycles. The van der Waals surface area contributed by atoms with Gasteiger partial charge in [-0.3, -0.25) is 0 Å². The molecule has 5 N–H and O–H groups in total. The average Bonchev–Trinajstić information content (AvgIpc) is 2.36. The van der Waals surface area contributed by atoms with Crippen LogP contribution < -0.4 is 15.8 Å². The van der Waals surface area contributed by atoms with Gasteiger partial charge in [-0.05, 0) is 37.1 Å². The van der Waals surface area contributed by atoms with Crippen molar-refractivity contribution in [3.05, 3.63) is 29.3 Å². The number of aryl methyl sites for hydroxylation is 1. The zero-order chi connectivity index (χ0) is 16.0. The van der Waals surface area contributed by atoms with Crippen molar-refractivity contribution < 1.29 is 23.1 Å². The number of carbonyl (C=O) groups is 2. The monoisotopic (exact) mass is 315 g/mol. The van der Waals surface area contributed by atoms with E-state index in [1.54, 1.807) is 6.92 Å². The molecule has 116 valence electrons. The largest absolute Gasteiger partial charge is 0.478 e. The highest BCUT2D eigenvalue weighted by Gasteiger charge is 2.08. The van der Waals surface area contributed by atoms with Gasteiger partial charge in [-0.15, -0.1) is 0 Å². The summed E-state index contributed by atoms with van der Waals surface area (Å²) in [5.41, 5.74) is 1.21. The lowest BCUT2D eigenvalue weighted by Gasteiger charge is -2.10. The summed E-state index contributed by atoms with van der Waals surface area (Å²) < 4.78 is 21.4. The number of aromatic carboxylic acids is 1. The van der Waals surface area contributed by atoms with Crippen LogP contribution in [0.25, 0.3) is 0 Å². The molecule has 0 saturated heterocycles. The van der Waals surface area contributed by atoms with Crippen molar-refractivity contribution in [3.63, 3.8) is 0 Å². The van der Waals surface area contributed by atoms with E-state index in [2.05, 4.69) is 10.6 Å². The van der Waals surface area contributed by atoms with Crippen LogP contribution in [-0.4, -0.2) is 37.8 Å². The highest BCUT2D eigenvalue weighted by molar-refractivity contribution is 7.89. The molecule has 8 nitrogen and oxygen atoms in total. The average molecular weight is 315 g/mol. The first kappa shape index (κ1) is 16.9. The fraction of sp³-hybridized carbons (Fsp3) is 0.333. The number of anilines is 1. The molecule has 21 heavy (non-hydrogen) atoms. The molecule has 0 bridgehead atoms. The lowest BCUT2D eigenvalue weighted by atomic mass is 10.1. The molecule has 0 aliphatic rings. The van der Waals surface area contributed by atoms with Crippen molar-refractivity contribution in [1.29, 1.82) is 0 Å². The number of amides is 2. The van der Waals surface area contributed by atoms with Gasteiger partial charge in [0.15, 0.2) is 0 Å². The van der Waals surface area contributed by atoms with E-state index in [1.807, 2.05) is 0 Å².